The number of carboxylic acid groups (broad SMARTS) is 1. The van der Waals surface area contributed by atoms with Crippen LogP contribution in [0.15, 0.2) is 24.3 Å². The van der Waals surface area contributed by atoms with Crippen LogP contribution in [0.1, 0.15) is 44.7 Å². The van der Waals surface area contributed by atoms with Gasteiger partial charge in [-0.3, -0.25) is 4.79 Å². The molecule has 0 aliphatic heterocycles. The maximum absolute atomic E-state index is 10.3. The van der Waals surface area contributed by atoms with Crippen molar-refractivity contribution >= 4 is 5.97 Å². The SMILES string of the molecule is CC(C)(C)c1ccc(CCNCCCC(=O)O)cc1. The predicted octanol–water partition coefficient (Wildman–Crippen LogP) is 2.98. The molecule has 0 atom stereocenters. The molecule has 3 heteroatoms. The standard InChI is InChI=1S/C16H25NO2/c1-16(2,3)14-8-6-13(7-9-14)10-12-17-11-4-5-15(18)19/h6-9,17H,4-5,10-12H2,1-3H3,(H,18,19). The van der Waals surface area contributed by atoms with Crippen LogP contribution in [0, 0.1) is 0 Å². The largest absolute Gasteiger partial charge is 0.481 e. The molecule has 0 saturated carbocycles. The Morgan fingerprint density at radius 1 is 1.16 bits per heavy atom. The third-order valence-corrected chi connectivity index (χ3v) is 3.15. The quantitative estimate of drug-likeness (QED) is 0.744. The molecule has 19 heavy (non-hydrogen) atoms. The minimum atomic E-state index is -0.723. The van der Waals surface area contributed by atoms with Gasteiger partial charge in [-0.2, -0.15) is 0 Å². The summed E-state index contributed by atoms with van der Waals surface area (Å²) < 4.78 is 0. The summed E-state index contributed by atoms with van der Waals surface area (Å²) >= 11 is 0. The van der Waals surface area contributed by atoms with E-state index in [0.717, 1.165) is 19.5 Å². The number of hydrogen-bond donors (Lipinski definition) is 2. The number of rotatable bonds is 7. The molecule has 0 aliphatic carbocycles. The van der Waals surface area contributed by atoms with E-state index in [2.05, 4.69) is 50.4 Å². The van der Waals surface area contributed by atoms with Crippen LogP contribution in [0.4, 0.5) is 0 Å². The Kier molecular flexibility index (Phi) is 6.03. The van der Waals surface area contributed by atoms with Gasteiger partial charge in [-0.15, -0.1) is 0 Å². The normalized spacial score (nSPS) is 11.5. The van der Waals surface area contributed by atoms with E-state index in [4.69, 9.17) is 5.11 Å². The second-order valence-corrected chi connectivity index (χ2v) is 5.94. The summed E-state index contributed by atoms with van der Waals surface area (Å²) in [5.74, 6) is -0.723. The van der Waals surface area contributed by atoms with Crippen LogP contribution in [-0.4, -0.2) is 24.2 Å². The Labute approximate surface area is 116 Å². The van der Waals surface area contributed by atoms with Crippen molar-refractivity contribution in [2.45, 2.75) is 45.4 Å². The van der Waals surface area contributed by atoms with Crippen molar-refractivity contribution in [3.63, 3.8) is 0 Å². The molecule has 1 aromatic carbocycles. The topological polar surface area (TPSA) is 49.3 Å². The van der Waals surface area contributed by atoms with Gasteiger partial charge in [0.05, 0.1) is 0 Å². The van der Waals surface area contributed by atoms with Gasteiger partial charge in [0.25, 0.3) is 0 Å². The molecular weight excluding hydrogens is 238 g/mol. The summed E-state index contributed by atoms with van der Waals surface area (Å²) in [5.41, 5.74) is 2.87. The van der Waals surface area contributed by atoms with Crippen LogP contribution < -0.4 is 5.32 Å². The fourth-order valence-electron chi connectivity index (χ4n) is 1.89. The summed E-state index contributed by atoms with van der Waals surface area (Å²) in [4.78, 5) is 10.3. The van der Waals surface area contributed by atoms with E-state index in [0.29, 0.717) is 6.42 Å². The van der Waals surface area contributed by atoms with Crippen molar-refractivity contribution in [3.05, 3.63) is 35.4 Å². The molecule has 106 valence electrons. The van der Waals surface area contributed by atoms with Crippen LogP contribution in [0.5, 0.6) is 0 Å². The highest BCUT2D eigenvalue weighted by Gasteiger charge is 2.12. The smallest absolute Gasteiger partial charge is 0.303 e. The summed E-state index contributed by atoms with van der Waals surface area (Å²) in [5, 5.41) is 11.8. The zero-order valence-corrected chi connectivity index (χ0v) is 12.2. The lowest BCUT2D eigenvalue weighted by Crippen LogP contribution is -2.19. The number of aliphatic carboxylic acids is 1. The van der Waals surface area contributed by atoms with E-state index in [1.165, 1.54) is 11.1 Å². The Morgan fingerprint density at radius 3 is 2.32 bits per heavy atom. The highest BCUT2D eigenvalue weighted by Crippen LogP contribution is 2.22. The first-order valence-electron chi connectivity index (χ1n) is 6.91. The van der Waals surface area contributed by atoms with Crippen LogP contribution in [0.25, 0.3) is 0 Å². The second-order valence-electron chi connectivity index (χ2n) is 5.94. The summed E-state index contributed by atoms with van der Waals surface area (Å²) in [6.45, 7) is 8.31. The molecule has 0 radical (unpaired) electrons. The zero-order valence-electron chi connectivity index (χ0n) is 12.2. The van der Waals surface area contributed by atoms with Crippen molar-refractivity contribution in [2.75, 3.05) is 13.1 Å². The molecule has 0 saturated heterocycles. The van der Waals surface area contributed by atoms with Gasteiger partial charge in [0.15, 0.2) is 0 Å². The summed E-state index contributed by atoms with van der Waals surface area (Å²) in [6.07, 6.45) is 1.92. The monoisotopic (exact) mass is 263 g/mol. The minimum absolute atomic E-state index is 0.202. The van der Waals surface area contributed by atoms with Gasteiger partial charge in [0.2, 0.25) is 0 Å². The van der Waals surface area contributed by atoms with Crippen LogP contribution in [-0.2, 0) is 16.6 Å². The van der Waals surface area contributed by atoms with Gasteiger partial charge in [0.1, 0.15) is 0 Å². The molecule has 0 fully saturated rings. The number of benzene rings is 1. The fraction of sp³-hybridized carbons (Fsp3) is 0.562. The lowest BCUT2D eigenvalue weighted by Gasteiger charge is -2.19. The molecule has 0 aromatic heterocycles. The molecule has 1 rings (SSSR count). The van der Waals surface area contributed by atoms with Crippen molar-refractivity contribution < 1.29 is 9.90 Å². The van der Waals surface area contributed by atoms with Crippen molar-refractivity contribution in [1.29, 1.82) is 0 Å². The average Bonchev–Trinajstić information content (AvgIpc) is 2.32. The minimum Gasteiger partial charge on any atom is -0.481 e. The highest BCUT2D eigenvalue weighted by molar-refractivity contribution is 5.66. The average molecular weight is 263 g/mol. The molecule has 0 bridgehead atoms. The number of carboxylic acids is 1. The molecular formula is C16H25NO2. The molecule has 2 N–H and O–H groups in total. The molecule has 0 unspecified atom stereocenters. The van der Waals surface area contributed by atoms with E-state index in [-0.39, 0.29) is 11.8 Å². The molecule has 0 heterocycles. The van der Waals surface area contributed by atoms with Gasteiger partial charge >= 0.3 is 5.97 Å². The first-order valence-corrected chi connectivity index (χ1v) is 6.91. The zero-order chi connectivity index (χ0) is 14.3. The Balaban J connectivity index is 2.25. The van der Waals surface area contributed by atoms with Gasteiger partial charge in [0, 0.05) is 6.42 Å². The Morgan fingerprint density at radius 2 is 1.79 bits per heavy atom. The van der Waals surface area contributed by atoms with E-state index in [1.54, 1.807) is 0 Å². The maximum atomic E-state index is 10.3. The van der Waals surface area contributed by atoms with E-state index >= 15 is 0 Å². The Hall–Kier alpha value is -1.35. The second kappa shape index (κ2) is 7.29. The van der Waals surface area contributed by atoms with Crippen LogP contribution in [0.3, 0.4) is 0 Å². The summed E-state index contributed by atoms with van der Waals surface area (Å²) in [7, 11) is 0. The van der Waals surface area contributed by atoms with Gasteiger partial charge in [-0.05, 0) is 42.5 Å². The van der Waals surface area contributed by atoms with Crippen molar-refractivity contribution in [2.24, 2.45) is 0 Å². The van der Waals surface area contributed by atoms with Gasteiger partial charge in [-0.1, -0.05) is 45.0 Å². The van der Waals surface area contributed by atoms with Crippen LogP contribution >= 0.6 is 0 Å². The van der Waals surface area contributed by atoms with E-state index in [1.807, 2.05) is 0 Å². The first-order chi connectivity index (χ1) is 8.89. The first kappa shape index (κ1) is 15.7. The summed E-state index contributed by atoms with van der Waals surface area (Å²) in [6, 6.07) is 8.75. The van der Waals surface area contributed by atoms with Gasteiger partial charge in [-0.25, -0.2) is 0 Å². The third-order valence-electron chi connectivity index (χ3n) is 3.15. The van der Waals surface area contributed by atoms with E-state index < -0.39 is 5.97 Å². The number of nitrogens with one attached hydrogen (secondary N) is 1. The Bertz CT molecular complexity index is 390. The predicted molar refractivity (Wildman–Crippen MR) is 78.6 cm³/mol. The van der Waals surface area contributed by atoms with Crippen LogP contribution in [0.2, 0.25) is 0 Å². The van der Waals surface area contributed by atoms with Gasteiger partial charge < -0.3 is 10.4 Å². The third kappa shape index (κ3) is 6.39. The van der Waals surface area contributed by atoms with E-state index in [9.17, 15) is 4.79 Å². The molecule has 3 nitrogen and oxygen atoms in total. The highest BCUT2D eigenvalue weighted by atomic mass is 16.4. The number of carbonyl (C=O) groups is 1. The van der Waals surface area contributed by atoms with Crippen molar-refractivity contribution in [1.82, 2.24) is 5.32 Å². The van der Waals surface area contributed by atoms with Crippen molar-refractivity contribution in [3.8, 4) is 0 Å². The fourth-order valence-corrected chi connectivity index (χ4v) is 1.89. The molecule has 1 aromatic rings. The lowest BCUT2D eigenvalue weighted by atomic mass is 9.86. The molecule has 0 amide bonds. The number of hydrogen-bond acceptors (Lipinski definition) is 2. The molecule has 0 spiro atoms. The lowest BCUT2D eigenvalue weighted by molar-refractivity contribution is -0.137. The maximum Gasteiger partial charge on any atom is 0.303 e. The molecule has 0 aliphatic rings.